The first-order chi connectivity index (χ1) is 15.0. The van der Waals surface area contributed by atoms with Crippen molar-refractivity contribution in [1.82, 2.24) is 23.6 Å². The average molecular weight is 431 g/mol. The largest absolute Gasteiger partial charge is 0.379 e. The highest BCUT2D eigenvalue weighted by molar-refractivity contribution is 5.75. The number of aryl methyl sites for hydroxylation is 1. The second-order valence-electron chi connectivity index (χ2n) is 9.50. The van der Waals surface area contributed by atoms with Crippen LogP contribution in [0.15, 0.2) is 9.59 Å². The molecule has 4 heterocycles. The van der Waals surface area contributed by atoms with Crippen LogP contribution in [0.5, 0.6) is 0 Å². The summed E-state index contributed by atoms with van der Waals surface area (Å²) in [5, 5.41) is 0. The number of nitrogens with zero attached hydrogens (tertiary/aromatic N) is 6. The van der Waals surface area contributed by atoms with E-state index >= 15 is 0 Å². The molecule has 1 unspecified atom stereocenters. The topological polar surface area (TPSA) is 77.5 Å². The van der Waals surface area contributed by atoms with Crippen molar-refractivity contribution in [3.8, 4) is 0 Å². The summed E-state index contributed by atoms with van der Waals surface area (Å²) >= 11 is 0. The minimum absolute atomic E-state index is 0.206. The van der Waals surface area contributed by atoms with E-state index in [1.165, 1.54) is 36.7 Å². The van der Waals surface area contributed by atoms with Crippen molar-refractivity contribution < 1.29 is 4.74 Å². The standard InChI is InChI=1S/C22H34N6O3/c1-16-14-27(17-6-4-3-5-7-17)21-23-19-18(28(21)15-16)20(29)26(22(30)24(19)2)9-8-25-10-12-31-13-11-25/h16-17H,3-15H2,1-2H3. The van der Waals surface area contributed by atoms with Gasteiger partial charge in [0.2, 0.25) is 5.95 Å². The quantitative estimate of drug-likeness (QED) is 0.721. The molecular weight excluding hydrogens is 396 g/mol. The van der Waals surface area contributed by atoms with Crippen LogP contribution in [0.25, 0.3) is 11.2 Å². The molecule has 1 atom stereocenters. The summed E-state index contributed by atoms with van der Waals surface area (Å²) in [6.07, 6.45) is 6.17. The van der Waals surface area contributed by atoms with Crippen LogP contribution >= 0.6 is 0 Å². The smallest absolute Gasteiger partial charge is 0.332 e. The number of morpholine rings is 1. The van der Waals surface area contributed by atoms with Gasteiger partial charge >= 0.3 is 5.69 Å². The molecule has 0 spiro atoms. The molecule has 1 saturated carbocycles. The molecule has 1 aliphatic carbocycles. The van der Waals surface area contributed by atoms with Gasteiger partial charge in [0.15, 0.2) is 11.2 Å². The van der Waals surface area contributed by atoms with E-state index in [1.807, 2.05) is 0 Å². The highest BCUT2D eigenvalue weighted by atomic mass is 16.5. The molecule has 0 aromatic carbocycles. The molecule has 170 valence electrons. The van der Waals surface area contributed by atoms with E-state index in [1.54, 1.807) is 11.6 Å². The number of anilines is 1. The van der Waals surface area contributed by atoms with E-state index in [-0.39, 0.29) is 11.2 Å². The van der Waals surface area contributed by atoms with Gasteiger partial charge in [0, 0.05) is 52.4 Å². The lowest BCUT2D eigenvalue weighted by atomic mass is 9.93. The third-order valence-electron chi connectivity index (χ3n) is 7.23. The summed E-state index contributed by atoms with van der Waals surface area (Å²) in [5.74, 6) is 1.31. The fraction of sp³-hybridized carbons (Fsp3) is 0.773. The van der Waals surface area contributed by atoms with Crippen LogP contribution in [0, 0.1) is 5.92 Å². The predicted molar refractivity (Wildman–Crippen MR) is 120 cm³/mol. The number of imidazole rings is 1. The molecule has 0 N–H and O–H groups in total. The molecular formula is C22H34N6O3. The van der Waals surface area contributed by atoms with Crippen LogP contribution in [0.2, 0.25) is 0 Å². The molecule has 0 radical (unpaired) electrons. The maximum absolute atomic E-state index is 13.5. The van der Waals surface area contributed by atoms with Crippen molar-refractivity contribution in [2.45, 2.75) is 58.2 Å². The van der Waals surface area contributed by atoms with E-state index in [9.17, 15) is 9.59 Å². The first-order valence-corrected chi connectivity index (χ1v) is 11.8. The number of aromatic nitrogens is 4. The summed E-state index contributed by atoms with van der Waals surface area (Å²) in [6.45, 7) is 8.14. The van der Waals surface area contributed by atoms with Crippen molar-refractivity contribution in [2.75, 3.05) is 44.3 Å². The lowest BCUT2D eigenvalue weighted by Gasteiger charge is -2.40. The van der Waals surface area contributed by atoms with Crippen molar-refractivity contribution >= 4 is 17.1 Å². The van der Waals surface area contributed by atoms with Crippen molar-refractivity contribution in [3.63, 3.8) is 0 Å². The number of rotatable bonds is 4. The summed E-state index contributed by atoms with van der Waals surface area (Å²) in [6, 6.07) is 0.479. The zero-order valence-electron chi connectivity index (χ0n) is 18.8. The van der Waals surface area contributed by atoms with E-state index < -0.39 is 0 Å². The van der Waals surface area contributed by atoms with Crippen LogP contribution in [0.1, 0.15) is 39.0 Å². The van der Waals surface area contributed by atoms with Gasteiger partial charge in [0.1, 0.15) is 0 Å². The molecule has 31 heavy (non-hydrogen) atoms. The Hall–Kier alpha value is -2.13. The van der Waals surface area contributed by atoms with Crippen LogP contribution in [-0.2, 0) is 24.9 Å². The maximum Gasteiger partial charge on any atom is 0.332 e. The normalized spacial score (nSPS) is 23.4. The van der Waals surface area contributed by atoms with E-state index in [0.29, 0.717) is 49.4 Å². The zero-order chi connectivity index (χ0) is 21.5. The molecule has 2 aromatic rings. The predicted octanol–water partition coefficient (Wildman–Crippen LogP) is 1.02. The molecule has 2 fully saturated rings. The summed E-state index contributed by atoms with van der Waals surface area (Å²) in [7, 11) is 1.74. The Balaban J connectivity index is 1.55. The second-order valence-corrected chi connectivity index (χ2v) is 9.50. The molecule has 3 aliphatic rings. The van der Waals surface area contributed by atoms with Gasteiger partial charge in [-0.3, -0.25) is 18.8 Å². The highest BCUT2D eigenvalue weighted by Gasteiger charge is 2.33. The van der Waals surface area contributed by atoms with Gasteiger partial charge in [-0.25, -0.2) is 4.79 Å². The minimum atomic E-state index is -0.279. The number of ether oxygens (including phenoxy) is 1. The molecule has 5 rings (SSSR count). The zero-order valence-corrected chi connectivity index (χ0v) is 18.8. The Kier molecular flexibility index (Phi) is 5.64. The van der Waals surface area contributed by atoms with Crippen LogP contribution < -0.4 is 16.1 Å². The van der Waals surface area contributed by atoms with Crippen LogP contribution in [-0.4, -0.2) is 69.0 Å². The lowest BCUT2D eigenvalue weighted by molar-refractivity contribution is 0.0361. The lowest BCUT2D eigenvalue weighted by Crippen LogP contribution is -2.46. The summed E-state index contributed by atoms with van der Waals surface area (Å²) in [4.78, 5) is 36.1. The van der Waals surface area contributed by atoms with Crippen molar-refractivity contribution in [1.29, 1.82) is 0 Å². The first-order valence-electron chi connectivity index (χ1n) is 11.8. The molecule has 9 nitrogen and oxygen atoms in total. The Bertz CT molecular complexity index is 1060. The summed E-state index contributed by atoms with van der Waals surface area (Å²) < 4.78 is 10.5. The highest BCUT2D eigenvalue weighted by Crippen LogP contribution is 2.32. The SMILES string of the molecule is CC1CN(C2CCCCC2)c2nc3c(c(=O)n(CCN4CCOCC4)c(=O)n3C)n2C1. The molecule has 0 bridgehead atoms. The average Bonchev–Trinajstić information content (AvgIpc) is 3.18. The monoisotopic (exact) mass is 430 g/mol. The van der Waals surface area contributed by atoms with Crippen LogP contribution in [0.3, 0.4) is 0 Å². The van der Waals surface area contributed by atoms with Gasteiger partial charge in [-0.15, -0.1) is 0 Å². The summed E-state index contributed by atoms with van der Waals surface area (Å²) in [5.41, 5.74) is 0.607. The van der Waals surface area contributed by atoms with Crippen molar-refractivity contribution in [3.05, 3.63) is 20.8 Å². The van der Waals surface area contributed by atoms with Gasteiger partial charge in [-0.2, -0.15) is 4.98 Å². The van der Waals surface area contributed by atoms with Gasteiger partial charge in [-0.1, -0.05) is 26.2 Å². The fourth-order valence-corrected chi connectivity index (χ4v) is 5.51. The fourth-order valence-electron chi connectivity index (χ4n) is 5.51. The number of hydrogen-bond acceptors (Lipinski definition) is 6. The second kappa shape index (κ2) is 8.43. The van der Waals surface area contributed by atoms with Gasteiger partial charge in [0.25, 0.3) is 5.56 Å². The first kappa shape index (κ1) is 20.8. The third kappa shape index (κ3) is 3.71. The van der Waals surface area contributed by atoms with E-state index in [4.69, 9.17) is 9.72 Å². The van der Waals surface area contributed by atoms with Gasteiger partial charge in [0.05, 0.1) is 13.2 Å². The molecule has 2 aliphatic heterocycles. The van der Waals surface area contributed by atoms with E-state index in [0.717, 1.165) is 32.1 Å². The Morgan fingerprint density at radius 2 is 1.77 bits per heavy atom. The van der Waals surface area contributed by atoms with E-state index in [2.05, 4.69) is 21.3 Å². The Morgan fingerprint density at radius 3 is 2.52 bits per heavy atom. The van der Waals surface area contributed by atoms with Crippen molar-refractivity contribution in [2.24, 2.45) is 13.0 Å². The molecule has 9 heteroatoms. The Labute approximate surface area is 182 Å². The van der Waals surface area contributed by atoms with Gasteiger partial charge < -0.3 is 14.2 Å². The molecule has 0 amide bonds. The van der Waals surface area contributed by atoms with Gasteiger partial charge in [-0.05, 0) is 18.8 Å². The molecule has 2 aromatic heterocycles. The Morgan fingerprint density at radius 1 is 1.03 bits per heavy atom. The van der Waals surface area contributed by atoms with Crippen LogP contribution in [0.4, 0.5) is 5.95 Å². The maximum atomic E-state index is 13.5. The number of fused-ring (bicyclic) bond motifs is 3. The third-order valence-corrected chi connectivity index (χ3v) is 7.23. The molecule has 1 saturated heterocycles. The number of hydrogen-bond donors (Lipinski definition) is 0. The minimum Gasteiger partial charge on any atom is -0.379 e.